The molecular formula is C20H30N2O4. The van der Waals surface area contributed by atoms with Gasteiger partial charge in [0.25, 0.3) is 0 Å². The minimum Gasteiger partial charge on any atom is -0.469 e. The van der Waals surface area contributed by atoms with Crippen molar-refractivity contribution in [1.29, 1.82) is 0 Å². The molecule has 1 fully saturated rings. The van der Waals surface area contributed by atoms with Crippen molar-refractivity contribution in [1.82, 2.24) is 10.2 Å². The molecule has 1 unspecified atom stereocenters. The second-order valence-electron chi connectivity index (χ2n) is 7.75. The lowest BCUT2D eigenvalue weighted by atomic mass is 9.91. The average molecular weight is 362 g/mol. The zero-order valence-corrected chi connectivity index (χ0v) is 16.3. The molecule has 1 aromatic carbocycles. The van der Waals surface area contributed by atoms with Crippen molar-refractivity contribution in [3.05, 3.63) is 35.9 Å². The van der Waals surface area contributed by atoms with Gasteiger partial charge in [0.2, 0.25) is 0 Å². The van der Waals surface area contributed by atoms with Crippen LogP contribution < -0.4 is 5.32 Å². The molecule has 3 atom stereocenters. The van der Waals surface area contributed by atoms with Gasteiger partial charge in [-0.2, -0.15) is 0 Å². The minimum atomic E-state index is -0.561. The number of methoxy groups -OCH3 is 1. The number of carbonyl (C=O) groups is 2. The zero-order chi connectivity index (χ0) is 19.3. The van der Waals surface area contributed by atoms with Crippen molar-refractivity contribution >= 4 is 12.1 Å². The fourth-order valence-electron chi connectivity index (χ4n) is 3.19. The summed E-state index contributed by atoms with van der Waals surface area (Å²) in [5, 5.41) is 3.53. The van der Waals surface area contributed by atoms with Gasteiger partial charge in [-0.3, -0.25) is 4.79 Å². The summed E-state index contributed by atoms with van der Waals surface area (Å²) in [6.07, 6.45) is 0.275. The SMILES string of the molecule is COC(=O)C1CN(C(=O)OC(C)(C)C)CC[C@@H]1N[C@@H](C)c1ccccc1. The van der Waals surface area contributed by atoms with Crippen LogP contribution >= 0.6 is 0 Å². The number of benzene rings is 1. The predicted molar refractivity (Wildman–Crippen MR) is 99.7 cm³/mol. The highest BCUT2D eigenvalue weighted by Gasteiger charge is 2.38. The average Bonchev–Trinajstić information content (AvgIpc) is 2.60. The maximum Gasteiger partial charge on any atom is 0.410 e. The molecule has 0 saturated carbocycles. The second kappa shape index (κ2) is 8.54. The molecule has 6 heteroatoms. The van der Waals surface area contributed by atoms with E-state index in [0.29, 0.717) is 19.5 Å². The maximum atomic E-state index is 12.4. The molecule has 1 aliphatic heterocycles. The van der Waals surface area contributed by atoms with Crippen molar-refractivity contribution in [2.45, 2.75) is 51.8 Å². The fraction of sp³-hybridized carbons (Fsp3) is 0.600. The lowest BCUT2D eigenvalue weighted by Gasteiger charge is -2.39. The quantitative estimate of drug-likeness (QED) is 0.834. The Labute approximate surface area is 155 Å². The van der Waals surface area contributed by atoms with Crippen LogP contribution in [0.4, 0.5) is 4.79 Å². The molecule has 0 aliphatic carbocycles. The van der Waals surface area contributed by atoms with E-state index < -0.39 is 11.5 Å². The number of nitrogens with zero attached hydrogens (tertiary/aromatic N) is 1. The highest BCUT2D eigenvalue weighted by atomic mass is 16.6. The van der Waals surface area contributed by atoms with Crippen LogP contribution in [-0.2, 0) is 14.3 Å². The summed E-state index contributed by atoms with van der Waals surface area (Å²) in [7, 11) is 1.38. The number of rotatable bonds is 4. The predicted octanol–water partition coefficient (Wildman–Crippen LogP) is 3.14. The molecule has 1 saturated heterocycles. The first-order valence-electron chi connectivity index (χ1n) is 9.08. The minimum absolute atomic E-state index is 0.0589. The van der Waals surface area contributed by atoms with Crippen LogP contribution in [0.5, 0.6) is 0 Å². The van der Waals surface area contributed by atoms with E-state index in [4.69, 9.17) is 9.47 Å². The van der Waals surface area contributed by atoms with Gasteiger partial charge in [-0.05, 0) is 39.7 Å². The van der Waals surface area contributed by atoms with E-state index in [1.165, 1.54) is 7.11 Å². The number of nitrogens with one attached hydrogen (secondary N) is 1. The molecule has 1 heterocycles. The van der Waals surface area contributed by atoms with Gasteiger partial charge < -0.3 is 19.7 Å². The van der Waals surface area contributed by atoms with E-state index in [1.54, 1.807) is 4.90 Å². The van der Waals surface area contributed by atoms with Crippen molar-refractivity contribution in [2.24, 2.45) is 5.92 Å². The maximum absolute atomic E-state index is 12.4. The van der Waals surface area contributed by atoms with Crippen molar-refractivity contribution in [3.8, 4) is 0 Å². The summed E-state index contributed by atoms with van der Waals surface area (Å²) >= 11 is 0. The van der Waals surface area contributed by atoms with Crippen LogP contribution in [0.2, 0.25) is 0 Å². The van der Waals surface area contributed by atoms with Gasteiger partial charge in [-0.25, -0.2) is 4.79 Å². The van der Waals surface area contributed by atoms with Crippen molar-refractivity contribution in [3.63, 3.8) is 0 Å². The molecule has 2 rings (SSSR count). The third-order valence-electron chi connectivity index (χ3n) is 4.53. The number of ether oxygens (including phenoxy) is 2. The Balaban J connectivity index is 2.06. The summed E-state index contributed by atoms with van der Waals surface area (Å²) in [5.41, 5.74) is 0.597. The number of hydrogen-bond donors (Lipinski definition) is 1. The highest BCUT2D eigenvalue weighted by Crippen LogP contribution is 2.24. The fourth-order valence-corrected chi connectivity index (χ4v) is 3.19. The van der Waals surface area contributed by atoms with E-state index in [0.717, 1.165) is 5.56 Å². The number of amides is 1. The van der Waals surface area contributed by atoms with Crippen molar-refractivity contribution in [2.75, 3.05) is 20.2 Å². The molecule has 0 bridgehead atoms. The highest BCUT2D eigenvalue weighted by molar-refractivity contribution is 5.75. The molecule has 0 aromatic heterocycles. The molecular weight excluding hydrogens is 332 g/mol. The first-order valence-corrected chi connectivity index (χ1v) is 9.08. The normalized spacial score (nSPS) is 21.8. The molecule has 1 aliphatic rings. The third-order valence-corrected chi connectivity index (χ3v) is 4.53. The lowest BCUT2D eigenvalue weighted by molar-refractivity contribution is -0.148. The zero-order valence-electron chi connectivity index (χ0n) is 16.3. The monoisotopic (exact) mass is 362 g/mol. The van der Waals surface area contributed by atoms with Crippen molar-refractivity contribution < 1.29 is 19.1 Å². The first-order chi connectivity index (χ1) is 12.2. The molecule has 26 heavy (non-hydrogen) atoms. The van der Waals surface area contributed by atoms with Crippen LogP contribution in [0, 0.1) is 5.92 Å². The van der Waals surface area contributed by atoms with E-state index in [9.17, 15) is 9.59 Å². The van der Waals surface area contributed by atoms with Crippen LogP contribution in [-0.4, -0.2) is 48.8 Å². The van der Waals surface area contributed by atoms with Gasteiger partial charge >= 0.3 is 12.1 Å². The number of piperidine rings is 1. The number of likely N-dealkylation sites (tertiary alicyclic amines) is 1. The van der Waals surface area contributed by atoms with Crippen LogP contribution in [0.1, 0.15) is 45.7 Å². The van der Waals surface area contributed by atoms with E-state index >= 15 is 0 Å². The largest absolute Gasteiger partial charge is 0.469 e. The standard InChI is InChI=1S/C20H30N2O4/c1-14(15-9-7-6-8-10-15)21-17-11-12-22(13-16(17)18(23)25-5)19(24)26-20(2,3)4/h6-10,14,16-17,21H,11-13H2,1-5H3/t14-,16?,17-/m0/s1. The van der Waals surface area contributed by atoms with Gasteiger partial charge in [0, 0.05) is 25.2 Å². The topological polar surface area (TPSA) is 67.9 Å². The molecule has 1 aromatic rings. The van der Waals surface area contributed by atoms with Crippen LogP contribution in [0.25, 0.3) is 0 Å². The van der Waals surface area contributed by atoms with Gasteiger partial charge in [-0.15, -0.1) is 0 Å². The van der Waals surface area contributed by atoms with E-state index in [2.05, 4.69) is 24.4 Å². The van der Waals surface area contributed by atoms with Gasteiger partial charge in [0.1, 0.15) is 5.60 Å². The van der Waals surface area contributed by atoms with Gasteiger partial charge in [-0.1, -0.05) is 30.3 Å². The Bertz CT molecular complexity index is 612. The number of hydrogen-bond acceptors (Lipinski definition) is 5. The molecule has 144 valence electrons. The molecule has 0 spiro atoms. The second-order valence-corrected chi connectivity index (χ2v) is 7.75. The summed E-state index contributed by atoms with van der Waals surface area (Å²) in [6, 6.07) is 10.1. The summed E-state index contributed by atoms with van der Waals surface area (Å²) < 4.78 is 10.4. The Morgan fingerprint density at radius 1 is 1.23 bits per heavy atom. The number of esters is 1. The Morgan fingerprint density at radius 2 is 1.88 bits per heavy atom. The first kappa shape index (κ1) is 20.2. The van der Waals surface area contributed by atoms with Crippen LogP contribution in [0.3, 0.4) is 0 Å². The van der Waals surface area contributed by atoms with Gasteiger partial charge in [0.05, 0.1) is 13.0 Å². The lowest BCUT2D eigenvalue weighted by Crippen LogP contribution is -2.55. The molecule has 1 N–H and O–H groups in total. The Kier molecular flexibility index (Phi) is 6.64. The molecule has 0 radical (unpaired) electrons. The van der Waals surface area contributed by atoms with Crippen LogP contribution in [0.15, 0.2) is 30.3 Å². The summed E-state index contributed by atoms with van der Waals surface area (Å²) in [4.78, 5) is 26.3. The third kappa shape index (κ3) is 5.46. The Morgan fingerprint density at radius 3 is 2.46 bits per heavy atom. The van der Waals surface area contributed by atoms with E-state index in [-0.39, 0.29) is 24.1 Å². The Hall–Kier alpha value is -2.08. The summed E-state index contributed by atoms with van der Waals surface area (Å²) in [6.45, 7) is 8.40. The molecule has 1 amide bonds. The number of carbonyl (C=O) groups excluding carboxylic acids is 2. The summed E-state index contributed by atoms with van der Waals surface area (Å²) in [5.74, 6) is -0.733. The molecule has 6 nitrogen and oxygen atoms in total. The smallest absolute Gasteiger partial charge is 0.410 e. The van der Waals surface area contributed by atoms with Gasteiger partial charge in [0.15, 0.2) is 0 Å². The van der Waals surface area contributed by atoms with E-state index in [1.807, 2.05) is 39.0 Å².